The molecule has 3 amide bonds. The lowest BCUT2D eigenvalue weighted by Gasteiger charge is -2.23. The Morgan fingerprint density at radius 1 is 1.31 bits per heavy atom. The Labute approximate surface area is 178 Å². The van der Waals surface area contributed by atoms with Crippen LogP contribution < -0.4 is 10.6 Å². The molecule has 0 bridgehead atoms. The lowest BCUT2D eigenvalue weighted by Crippen LogP contribution is -2.40. The van der Waals surface area contributed by atoms with Crippen LogP contribution in [0.25, 0.3) is 0 Å². The van der Waals surface area contributed by atoms with E-state index in [1.165, 1.54) is 11.3 Å². The normalized spacial score (nSPS) is 16.1. The molecule has 0 unspecified atom stereocenters. The molecule has 2 N–H and O–H groups in total. The van der Waals surface area contributed by atoms with Gasteiger partial charge in [0.25, 0.3) is 5.91 Å². The van der Waals surface area contributed by atoms with E-state index < -0.39 is 0 Å². The van der Waals surface area contributed by atoms with Gasteiger partial charge in [0.15, 0.2) is 0 Å². The second-order valence-electron chi connectivity index (χ2n) is 6.54. The van der Waals surface area contributed by atoms with Crippen LogP contribution in [0.1, 0.15) is 47.0 Å². The molecule has 0 radical (unpaired) electrons. The van der Waals surface area contributed by atoms with Crippen LogP contribution in [0.5, 0.6) is 0 Å². The van der Waals surface area contributed by atoms with E-state index in [0.717, 1.165) is 19.3 Å². The summed E-state index contributed by atoms with van der Waals surface area (Å²) in [6.45, 7) is 4.47. The molecule has 1 aromatic heterocycles. The monoisotopic (exact) mass is 437 g/mol. The van der Waals surface area contributed by atoms with Gasteiger partial charge in [0.1, 0.15) is 5.01 Å². The van der Waals surface area contributed by atoms with Gasteiger partial charge in [0.2, 0.25) is 5.01 Å². The molecule has 8 nitrogen and oxygen atoms in total. The van der Waals surface area contributed by atoms with Crippen molar-refractivity contribution in [3.8, 4) is 0 Å². The van der Waals surface area contributed by atoms with E-state index in [0.29, 0.717) is 42.0 Å². The average molecular weight is 438 g/mol. The summed E-state index contributed by atoms with van der Waals surface area (Å²) < 4.78 is 5.28. The van der Waals surface area contributed by atoms with Crippen molar-refractivity contribution < 1.29 is 14.3 Å². The number of urea groups is 1. The molecular formula is C19H24ClN5O3S. The fourth-order valence-corrected chi connectivity index (χ4v) is 4.07. The zero-order valence-corrected chi connectivity index (χ0v) is 17.8. The van der Waals surface area contributed by atoms with E-state index in [1.807, 2.05) is 6.92 Å². The van der Waals surface area contributed by atoms with Crippen LogP contribution in [0, 0.1) is 0 Å². The lowest BCUT2D eigenvalue weighted by atomic mass is 10.2. The Hall–Kier alpha value is -2.23. The predicted molar refractivity (Wildman–Crippen MR) is 113 cm³/mol. The molecule has 3 rings (SSSR count). The fraction of sp³-hybridized carbons (Fsp3) is 0.474. The maximum Gasteiger partial charge on any atom is 0.317 e. The molecule has 0 aliphatic carbocycles. The second-order valence-corrected chi connectivity index (χ2v) is 7.99. The first-order valence-corrected chi connectivity index (χ1v) is 10.8. The Morgan fingerprint density at radius 2 is 2.10 bits per heavy atom. The number of nitrogens with zero attached hydrogens (tertiary/aromatic N) is 3. The topological polar surface area (TPSA) is 96.4 Å². The number of nitrogens with one attached hydrogen (secondary N) is 2. The largest absolute Gasteiger partial charge is 0.382 e. The van der Waals surface area contributed by atoms with Gasteiger partial charge in [0, 0.05) is 37.0 Å². The Balaban J connectivity index is 1.57. The van der Waals surface area contributed by atoms with Gasteiger partial charge in [-0.25, -0.2) is 4.79 Å². The first-order valence-electron chi connectivity index (χ1n) is 9.61. The van der Waals surface area contributed by atoms with E-state index in [4.69, 9.17) is 16.3 Å². The van der Waals surface area contributed by atoms with Gasteiger partial charge in [-0.2, -0.15) is 0 Å². The van der Waals surface area contributed by atoms with E-state index in [9.17, 15) is 9.59 Å². The number of carbonyl (C=O) groups is 2. The smallest absolute Gasteiger partial charge is 0.317 e. The van der Waals surface area contributed by atoms with Crippen LogP contribution in [-0.4, -0.2) is 53.3 Å². The molecule has 1 atom stereocenters. The zero-order valence-electron chi connectivity index (χ0n) is 16.2. The molecule has 0 spiro atoms. The van der Waals surface area contributed by atoms with Crippen LogP contribution in [0.4, 0.5) is 10.5 Å². The van der Waals surface area contributed by atoms with Gasteiger partial charge in [-0.1, -0.05) is 22.9 Å². The van der Waals surface area contributed by atoms with E-state index in [-0.39, 0.29) is 23.0 Å². The van der Waals surface area contributed by atoms with E-state index >= 15 is 0 Å². The van der Waals surface area contributed by atoms with Crippen LogP contribution >= 0.6 is 22.9 Å². The number of rotatable bonds is 8. The average Bonchev–Trinajstić information content (AvgIpc) is 3.38. The van der Waals surface area contributed by atoms with Crippen molar-refractivity contribution in [1.29, 1.82) is 0 Å². The number of ether oxygens (including phenoxy) is 1. The zero-order chi connectivity index (χ0) is 20.6. The van der Waals surface area contributed by atoms with Crippen molar-refractivity contribution in [2.75, 3.05) is 31.6 Å². The Kier molecular flexibility index (Phi) is 7.79. The minimum absolute atomic E-state index is 0.119. The summed E-state index contributed by atoms with van der Waals surface area (Å²) in [5.74, 6) is -0.332. The maximum absolute atomic E-state index is 12.5. The van der Waals surface area contributed by atoms with Crippen LogP contribution in [-0.2, 0) is 4.74 Å². The third-order valence-electron chi connectivity index (χ3n) is 4.48. The van der Waals surface area contributed by atoms with Crippen molar-refractivity contribution >= 4 is 40.6 Å². The van der Waals surface area contributed by atoms with Gasteiger partial charge in [-0.3, -0.25) is 4.79 Å². The number of amides is 3. The fourth-order valence-electron chi connectivity index (χ4n) is 3.06. The minimum atomic E-state index is -0.332. The number of benzene rings is 1. The molecule has 29 heavy (non-hydrogen) atoms. The highest BCUT2D eigenvalue weighted by atomic mass is 35.5. The maximum atomic E-state index is 12.5. The van der Waals surface area contributed by atoms with Gasteiger partial charge in [0.05, 0.1) is 6.04 Å². The summed E-state index contributed by atoms with van der Waals surface area (Å²) in [6, 6.07) is 6.56. The van der Waals surface area contributed by atoms with E-state index in [2.05, 4.69) is 20.8 Å². The number of aromatic nitrogens is 2. The number of hydrogen-bond donors (Lipinski definition) is 2. The summed E-state index contributed by atoms with van der Waals surface area (Å²) in [6.07, 6.45) is 2.47. The lowest BCUT2D eigenvalue weighted by molar-refractivity contribution is 0.102. The van der Waals surface area contributed by atoms with Crippen molar-refractivity contribution in [3.63, 3.8) is 0 Å². The number of carbonyl (C=O) groups excluding carboxylic acids is 2. The van der Waals surface area contributed by atoms with Gasteiger partial charge >= 0.3 is 6.03 Å². The van der Waals surface area contributed by atoms with Crippen molar-refractivity contribution in [2.24, 2.45) is 0 Å². The Bertz CT molecular complexity index is 830. The first-order chi connectivity index (χ1) is 14.1. The number of hydrogen-bond acceptors (Lipinski definition) is 6. The minimum Gasteiger partial charge on any atom is -0.382 e. The summed E-state index contributed by atoms with van der Waals surface area (Å²) in [5.41, 5.74) is 0.630. The Morgan fingerprint density at radius 3 is 2.86 bits per heavy atom. The van der Waals surface area contributed by atoms with Crippen molar-refractivity contribution in [1.82, 2.24) is 20.4 Å². The summed E-state index contributed by atoms with van der Waals surface area (Å²) in [4.78, 5) is 26.7. The number of likely N-dealkylation sites (tertiary alicyclic amines) is 1. The molecule has 1 saturated heterocycles. The first kappa shape index (κ1) is 21.5. The molecule has 2 aromatic rings. The predicted octanol–water partition coefficient (Wildman–Crippen LogP) is 3.72. The highest BCUT2D eigenvalue weighted by molar-refractivity contribution is 7.13. The quantitative estimate of drug-likeness (QED) is 0.613. The molecule has 1 aliphatic rings. The van der Waals surface area contributed by atoms with Crippen molar-refractivity contribution in [2.45, 2.75) is 32.2 Å². The molecule has 10 heteroatoms. The molecule has 0 saturated carbocycles. The number of halogens is 1. The highest BCUT2D eigenvalue weighted by Crippen LogP contribution is 2.33. The number of anilines is 1. The molecule has 1 fully saturated rings. The van der Waals surface area contributed by atoms with Crippen LogP contribution in [0.2, 0.25) is 5.02 Å². The molecule has 156 valence electrons. The van der Waals surface area contributed by atoms with Crippen molar-refractivity contribution in [3.05, 3.63) is 39.3 Å². The summed E-state index contributed by atoms with van der Waals surface area (Å²) >= 11 is 7.07. The standard InChI is InChI=1S/C19H24ClN5O3S/c1-2-28-12-4-10-21-19(27)25-11-3-5-15(25)17-23-24-18(29-17)16(26)22-14-8-6-13(20)7-9-14/h6-9,15H,2-5,10-12H2,1H3,(H,21,27)(H,22,26)/t15-/m1/s1. The second kappa shape index (κ2) is 10.5. The van der Waals surface area contributed by atoms with Crippen LogP contribution in [0.15, 0.2) is 24.3 Å². The van der Waals surface area contributed by atoms with Gasteiger partial charge < -0.3 is 20.3 Å². The molecular weight excluding hydrogens is 414 g/mol. The van der Waals surface area contributed by atoms with Gasteiger partial charge in [-0.05, 0) is 50.5 Å². The highest BCUT2D eigenvalue weighted by Gasteiger charge is 2.33. The molecule has 1 aromatic carbocycles. The SMILES string of the molecule is CCOCCCNC(=O)N1CCC[C@@H]1c1nnc(C(=O)Nc2ccc(Cl)cc2)s1. The summed E-state index contributed by atoms with van der Waals surface area (Å²) in [7, 11) is 0. The molecule has 1 aliphatic heterocycles. The molecule has 2 heterocycles. The van der Waals surface area contributed by atoms with Gasteiger partial charge in [-0.15, -0.1) is 10.2 Å². The third kappa shape index (κ3) is 5.88. The summed E-state index contributed by atoms with van der Waals surface area (Å²) in [5, 5.41) is 15.4. The van der Waals surface area contributed by atoms with Crippen LogP contribution in [0.3, 0.4) is 0 Å². The van der Waals surface area contributed by atoms with E-state index in [1.54, 1.807) is 29.2 Å². The third-order valence-corrected chi connectivity index (χ3v) is 5.76.